The average Bonchev–Trinajstić information content (AvgIpc) is 2.78. The monoisotopic (exact) mass is 417 g/mol. The van der Waals surface area contributed by atoms with Gasteiger partial charge in [-0.05, 0) is 29.8 Å². The summed E-state index contributed by atoms with van der Waals surface area (Å²) in [6, 6.07) is 23.7. The van der Waals surface area contributed by atoms with Crippen LogP contribution in [0.15, 0.2) is 83.9 Å². The van der Waals surface area contributed by atoms with Crippen LogP contribution in [0.3, 0.4) is 0 Å². The number of rotatable bonds is 5. The van der Waals surface area contributed by atoms with Gasteiger partial charge in [-0.3, -0.25) is 4.79 Å². The van der Waals surface area contributed by atoms with E-state index in [0.29, 0.717) is 10.7 Å². The maximum Gasteiger partial charge on any atom is 0.240 e. The van der Waals surface area contributed by atoms with Crippen molar-refractivity contribution in [2.75, 3.05) is 14.1 Å². The van der Waals surface area contributed by atoms with E-state index in [1.165, 1.54) is 23.9 Å². The number of hydrogen-bond acceptors (Lipinski definition) is 4. The van der Waals surface area contributed by atoms with Crippen LogP contribution >= 0.6 is 11.8 Å². The Bertz CT molecular complexity index is 1180. The van der Waals surface area contributed by atoms with Gasteiger partial charge in [-0.15, -0.1) is 10.2 Å². The zero-order valence-electron chi connectivity index (χ0n) is 16.6. The van der Waals surface area contributed by atoms with Gasteiger partial charge in [0.2, 0.25) is 5.91 Å². The summed E-state index contributed by atoms with van der Waals surface area (Å²) >= 11 is 1.39. The second-order valence-electron chi connectivity index (χ2n) is 7.05. The van der Waals surface area contributed by atoms with Crippen LogP contribution in [0.5, 0.6) is 0 Å². The molecule has 1 amide bonds. The number of likely N-dealkylation sites (N-methyl/N-ethyl adjacent to an activating group) is 1. The van der Waals surface area contributed by atoms with Crippen LogP contribution in [0, 0.1) is 5.82 Å². The van der Waals surface area contributed by atoms with Crippen molar-refractivity contribution in [3.05, 3.63) is 90.2 Å². The van der Waals surface area contributed by atoms with Gasteiger partial charge < -0.3 is 4.90 Å². The first-order chi connectivity index (χ1) is 14.5. The van der Waals surface area contributed by atoms with E-state index in [1.807, 2.05) is 54.6 Å². The highest BCUT2D eigenvalue weighted by Crippen LogP contribution is 2.40. The Morgan fingerprint density at radius 1 is 0.867 bits per heavy atom. The molecule has 6 heteroatoms. The molecule has 4 nitrogen and oxygen atoms in total. The number of thioether (sulfide) groups is 1. The minimum atomic E-state index is -0.435. The smallest absolute Gasteiger partial charge is 0.240 e. The molecule has 4 aromatic rings. The van der Waals surface area contributed by atoms with Gasteiger partial charge in [0, 0.05) is 30.4 Å². The normalized spacial score (nSPS) is 12.0. The molecular formula is C24H20FN3OS. The summed E-state index contributed by atoms with van der Waals surface area (Å²) in [4.78, 5) is 14.5. The highest BCUT2D eigenvalue weighted by atomic mass is 32.2. The van der Waals surface area contributed by atoms with Crippen molar-refractivity contribution in [1.82, 2.24) is 15.1 Å². The van der Waals surface area contributed by atoms with Crippen molar-refractivity contribution in [1.29, 1.82) is 0 Å². The lowest BCUT2D eigenvalue weighted by molar-refractivity contribution is -0.128. The number of hydrogen-bond donors (Lipinski definition) is 0. The maximum atomic E-state index is 13.4. The second kappa shape index (κ2) is 8.63. The van der Waals surface area contributed by atoms with Gasteiger partial charge in [-0.25, -0.2) is 4.39 Å². The number of halogens is 1. The van der Waals surface area contributed by atoms with Gasteiger partial charge in [-0.1, -0.05) is 66.4 Å². The molecule has 150 valence electrons. The third-order valence-corrected chi connectivity index (χ3v) is 6.00. The lowest BCUT2D eigenvalue weighted by Crippen LogP contribution is -2.26. The van der Waals surface area contributed by atoms with Crippen molar-refractivity contribution in [3.63, 3.8) is 0 Å². The topological polar surface area (TPSA) is 46.1 Å². The highest BCUT2D eigenvalue weighted by Gasteiger charge is 2.25. The lowest BCUT2D eigenvalue weighted by Gasteiger charge is -2.21. The zero-order valence-corrected chi connectivity index (χ0v) is 17.4. The van der Waals surface area contributed by atoms with E-state index in [4.69, 9.17) is 0 Å². The van der Waals surface area contributed by atoms with Crippen LogP contribution in [-0.4, -0.2) is 35.1 Å². The Labute approximate surface area is 178 Å². The van der Waals surface area contributed by atoms with E-state index in [1.54, 1.807) is 31.1 Å². The van der Waals surface area contributed by atoms with Gasteiger partial charge in [0.05, 0.1) is 0 Å². The molecule has 1 aromatic heterocycles. The first kappa shape index (κ1) is 20.0. The molecule has 4 rings (SSSR count). The molecule has 0 aliphatic rings. The fourth-order valence-corrected chi connectivity index (χ4v) is 4.44. The Hall–Kier alpha value is -3.25. The van der Waals surface area contributed by atoms with E-state index < -0.39 is 5.25 Å². The Kier molecular flexibility index (Phi) is 5.77. The molecule has 0 saturated carbocycles. The van der Waals surface area contributed by atoms with Crippen LogP contribution in [0.2, 0.25) is 0 Å². The number of nitrogens with zero attached hydrogens (tertiary/aromatic N) is 3. The summed E-state index contributed by atoms with van der Waals surface area (Å²) in [5, 5.41) is 11.0. The average molecular weight is 418 g/mol. The molecule has 30 heavy (non-hydrogen) atoms. The van der Waals surface area contributed by atoms with E-state index in [9.17, 15) is 9.18 Å². The Morgan fingerprint density at radius 3 is 2.17 bits per heavy atom. The number of aromatic nitrogens is 2. The van der Waals surface area contributed by atoms with Crippen LogP contribution in [0.1, 0.15) is 10.8 Å². The predicted octanol–water partition coefficient (Wildman–Crippen LogP) is 5.36. The maximum absolute atomic E-state index is 13.4. The SMILES string of the molecule is CN(C)C(=O)C(Sc1nnc(-c2ccc(F)cc2)c2ccccc12)c1ccccc1. The van der Waals surface area contributed by atoms with Crippen molar-refractivity contribution < 1.29 is 9.18 Å². The van der Waals surface area contributed by atoms with Crippen molar-refractivity contribution in [2.45, 2.75) is 10.3 Å². The molecule has 0 N–H and O–H groups in total. The van der Waals surface area contributed by atoms with Crippen LogP contribution in [0.25, 0.3) is 22.0 Å². The van der Waals surface area contributed by atoms with Gasteiger partial charge in [0.1, 0.15) is 21.8 Å². The third-order valence-electron chi connectivity index (χ3n) is 4.77. The first-order valence-corrected chi connectivity index (χ1v) is 10.4. The number of amides is 1. The molecule has 1 heterocycles. The minimum absolute atomic E-state index is 0.0142. The van der Waals surface area contributed by atoms with Gasteiger partial charge in [0.15, 0.2) is 0 Å². The minimum Gasteiger partial charge on any atom is -0.348 e. The van der Waals surface area contributed by atoms with E-state index in [2.05, 4.69) is 10.2 Å². The predicted molar refractivity (Wildman–Crippen MR) is 119 cm³/mol. The van der Waals surface area contributed by atoms with Gasteiger partial charge >= 0.3 is 0 Å². The first-order valence-electron chi connectivity index (χ1n) is 9.48. The quantitative estimate of drug-likeness (QED) is 0.410. The molecule has 0 aliphatic carbocycles. The molecule has 0 saturated heterocycles. The largest absolute Gasteiger partial charge is 0.348 e. The van der Waals surface area contributed by atoms with Crippen molar-refractivity contribution >= 4 is 28.4 Å². The van der Waals surface area contributed by atoms with E-state index in [-0.39, 0.29) is 11.7 Å². The lowest BCUT2D eigenvalue weighted by atomic mass is 10.1. The number of carbonyl (C=O) groups is 1. The molecule has 1 unspecified atom stereocenters. The molecule has 0 spiro atoms. The Morgan fingerprint density at radius 2 is 1.50 bits per heavy atom. The third kappa shape index (κ3) is 4.04. The fraction of sp³-hybridized carbons (Fsp3) is 0.125. The molecule has 0 bridgehead atoms. The summed E-state index contributed by atoms with van der Waals surface area (Å²) in [5.74, 6) is -0.309. The highest BCUT2D eigenvalue weighted by molar-refractivity contribution is 8.00. The van der Waals surface area contributed by atoms with Gasteiger partial charge in [-0.2, -0.15) is 0 Å². The van der Waals surface area contributed by atoms with Crippen LogP contribution in [0.4, 0.5) is 4.39 Å². The molecule has 3 aromatic carbocycles. The summed E-state index contributed by atoms with van der Waals surface area (Å²) in [6.45, 7) is 0. The summed E-state index contributed by atoms with van der Waals surface area (Å²) in [6.07, 6.45) is 0. The van der Waals surface area contributed by atoms with Crippen LogP contribution in [-0.2, 0) is 4.79 Å². The summed E-state index contributed by atoms with van der Waals surface area (Å²) < 4.78 is 13.4. The summed E-state index contributed by atoms with van der Waals surface area (Å²) in [7, 11) is 3.50. The molecular weight excluding hydrogens is 397 g/mol. The van der Waals surface area contributed by atoms with E-state index in [0.717, 1.165) is 21.9 Å². The molecule has 0 aliphatic heterocycles. The zero-order chi connectivity index (χ0) is 21.1. The second-order valence-corrected chi connectivity index (χ2v) is 8.14. The molecule has 1 atom stereocenters. The van der Waals surface area contributed by atoms with E-state index >= 15 is 0 Å². The number of fused-ring (bicyclic) bond motifs is 1. The van der Waals surface area contributed by atoms with Gasteiger partial charge in [0.25, 0.3) is 0 Å². The molecule has 0 radical (unpaired) electrons. The molecule has 0 fully saturated rings. The van der Waals surface area contributed by atoms with Crippen LogP contribution < -0.4 is 0 Å². The Balaban J connectivity index is 1.80. The standard InChI is InChI=1S/C24H20FN3OS/c1-28(2)24(29)22(17-8-4-3-5-9-17)30-23-20-11-7-6-10-19(20)21(26-27-23)16-12-14-18(25)15-13-16/h3-15,22H,1-2H3. The fourth-order valence-electron chi connectivity index (χ4n) is 3.22. The van der Waals surface area contributed by atoms with Crippen molar-refractivity contribution in [3.8, 4) is 11.3 Å². The summed E-state index contributed by atoms with van der Waals surface area (Å²) in [5.41, 5.74) is 2.39. The number of carbonyl (C=O) groups excluding carboxylic acids is 1. The number of benzene rings is 3. The van der Waals surface area contributed by atoms with Crippen molar-refractivity contribution in [2.24, 2.45) is 0 Å².